The quantitative estimate of drug-likeness (QED) is 0.258. The lowest BCUT2D eigenvalue weighted by atomic mass is 9.91. The van der Waals surface area contributed by atoms with E-state index < -0.39 is 0 Å². The van der Waals surface area contributed by atoms with Gasteiger partial charge in [-0.2, -0.15) is 15.8 Å². The summed E-state index contributed by atoms with van der Waals surface area (Å²) in [6, 6.07) is 37.1. The summed E-state index contributed by atoms with van der Waals surface area (Å²) >= 11 is 0. The molecule has 0 spiro atoms. The highest BCUT2D eigenvalue weighted by Crippen LogP contribution is 2.36. The normalized spacial score (nSPS) is 10.1. The molecule has 164 valence electrons. The highest BCUT2D eigenvalue weighted by molar-refractivity contribution is 5.89. The third-order valence-electron chi connectivity index (χ3n) is 6.05. The fourth-order valence-corrected chi connectivity index (χ4v) is 4.33. The topological polar surface area (TPSA) is 75.7 Å². The van der Waals surface area contributed by atoms with Crippen molar-refractivity contribution in [1.29, 1.82) is 15.8 Å². The number of hydrogen-bond donors (Lipinski definition) is 0. The maximum Gasteiger partial charge on any atom is 0.189 e. The van der Waals surface area contributed by atoms with Crippen molar-refractivity contribution >= 4 is 16.5 Å². The van der Waals surface area contributed by atoms with Crippen LogP contribution in [0.15, 0.2) is 97.1 Å². The number of nitriles is 3. The fraction of sp³-hybridized carbons (Fsp3) is 0. The molecule has 0 amide bonds. The molecule has 5 aromatic carbocycles. The standard InChI is InChI=1S/C32H16N4/c1-36-32-12-23(20-35)11-28(17-32)31-15-29(26-7-6-24-4-2-3-5-25(24)13-26)14-30(16-31)27-9-21(18-33)8-22(10-27)19-34/h2-17H. The Hall–Kier alpha value is -5.68. The van der Waals surface area contributed by atoms with Crippen LogP contribution in [0.3, 0.4) is 0 Å². The molecule has 0 bridgehead atoms. The molecule has 5 aromatic rings. The third kappa shape index (κ3) is 4.27. The molecule has 0 fully saturated rings. The highest BCUT2D eigenvalue weighted by Gasteiger charge is 2.11. The Bertz CT molecular complexity index is 1680. The second-order valence-electron chi connectivity index (χ2n) is 8.38. The van der Waals surface area contributed by atoms with Gasteiger partial charge in [-0.25, -0.2) is 4.85 Å². The molecule has 0 N–H and O–H groups in total. The van der Waals surface area contributed by atoms with E-state index in [2.05, 4.69) is 53.4 Å². The van der Waals surface area contributed by atoms with Gasteiger partial charge in [0.1, 0.15) is 0 Å². The zero-order chi connectivity index (χ0) is 25.1. The smallest absolute Gasteiger partial charge is 0.189 e. The molecule has 4 heteroatoms. The first kappa shape index (κ1) is 22.1. The SMILES string of the molecule is [C-]#[N+]c1cc(C#N)cc(-c2cc(-c3cc(C#N)cc(C#N)c3)cc(-c3ccc4ccccc4c3)c2)c1. The predicted molar refractivity (Wildman–Crippen MR) is 141 cm³/mol. The van der Waals surface area contributed by atoms with Crippen molar-refractivity contribution in [3.05, 3.63) is 125 Å². The highest BCUT2D eigenvalue weighted by atomic mass is 14.6. The summed E-state index contributed by atoms with van der Waals surface area (Å²) in [5, 5.41) is 30.7. The first-order chi connectivity index (χ1) is 17.6. The van der Waals surface area contributed by atoms with E-state index in [0.29, 0.717) is 22.4 Å². The Morgan fingerprint density at radius 2 is 0.972 bits per heavy atom. The van der Waals surface area contributed by atoms with E-state index in [0.717, 1.165) is 44.2 Å². The minimum absolute atomic E-state index is 0.389. The zero-order valence-electron chi connectivity index (χ0n) is 19.0. The van der Waals surface area contributed by atoms with Crippen molar-refractivity contribution in [3.8, 4) is 51.6 Å². The molecule has 4 nitrogen and oxygen atoms in total. The van der Waals surface area contributed by atoms with E-state index in [9.17, 15) is 15.8 Å². The fourth-order valence-electron chi connectivity index (χ4n) is 4.33. The van der Waals surface area contributed by atoms with Gasteiger partial charge < -0.3 is 0 Å². The second kappa shape index (κ2) is 9.29. The van der Waals surface area contributed by atoms with Gasteiger partial charge in [0.2, 0.25) is 0 Å². The Kier molecular flexibility index (Phi) is 5.71. The van der Waals surface area contributed by atoms with Gasteiger partial charge in [0.05, 0.1) is 35.9 Å². The molecule has 0 radical (unpaired) electrons. The summed E-state index contributed by atoms with van der Waals surface area (Å²) in [5.41, 5.74) is 6.73. The molecule has 0 saturated carbocycles. The molecular weight excluding hydrogens is 440 g/mol. The molecule has 0 atom stereocenters. The molecule has 0 aliphatic carbocycles. The Morgan fingerprint density at radius 3 is 1.56 bits per heavy atom. The van der Waals surface area contributed by atoms with Crippen LogP contribution in [0.25, 0.3) is 49.0 Å². The van der Waals surface area contributed by atoms with E-state index >= 15 is 0 Å². The van der Waals surface area contributed by atoms with E-state index in [1.54, 1.807) is 36.4 Å². The van der Waals surface area contributed by atoms with Gasteiger partial charge in [-0.15, -0.1) is 0 Å². The summed E-state index contributed by atoms with van der Waals surface area (Å²) < 4.78 is 0. The average Bonchev–Trinajstić information content (AvgIpc) is 2.95. The van der Waals surface area contributed by atoms with Crippen LogP contribution in [0.5, 0.6) is 0 Å². The van der Waals surface area contributed by atoms with Gasteiger partial charge in [-0.3, -0.25) is 0 Å². The molecule has 0 aromatic heterocycles. The number of nitrogens with zero attached hydrogens (tertiary/aromatic N) is 4. The maximum absolute atomic E-state index is 9.50. The second-order valence-corrected chi connectivity index (χ2v) is 8.38. The van der Waals surface area contributed by atoms with Crippen molar-refractivity contribution < 1.29 is 0 Å². The largest absolute Gasteiger partial charge is 0.238 e. The number of benzene rings is 5. The number of fused-ring (bicyclic) bond motifs is 1. The minimum Gasteiger partial charge on any atom is -0.238 e. The van der Waals surface area contributed by atoms with Crippen molar-refractivity contribution in [2.45, 2.75) is 0 Å². The van der Waals surface area contributed by atoms with E-state index in [-0.39, 0.29) is 0 Å². The van der Waals surface area contributed by atoms with Gasteiger partial charge >= 0.3 is 0 Å². The lowest BCUT2D eigenvalue weighted by Crippen LogP contribution is -1.89. The van der Waals surface area contributed by atoms with Crippen LogP contribution >= 0.6 is 0 Å². The molecule has 0 unspecified atom stereocenters. The van der Waals surface area contributed by atoms with Crippen LogP contribution in [0.4, 0.5) is 5.69 Å². The van der Waals surface area contributed by atoms with Crippen molar-refractivity contribution in [2.75, 3.05) is 0 Å². The molecule has 0 saturated heterocycles. The van der Waals surface area contributed by atoms with Crippen LogP contribution in [0, 0.1) is 40.6 Å². The summed E-state index contributed by atoms with van der Waals surface area (Å²) in [4.78, 5) is 3.53. The molecule has 36 heavy (non-hydrogen) atoms. The van der Waals surface area contributed by atoms with Gasteiger partial charge in [0.25, 0.3) is 0 Å². The molecule has 5 rings (SSSR count). The Balaban J connectivity index is 1.78. The predicted octanol–water partition coefficient (Wildman–Crippen LogP) is 8.01. The molecular formula is C32H16N4. The monoisotopic (exact) mass is 456 g/mol. The van der Waals surface area contributed by atoms with Crippen LogP contribution in [0.1, 0.15) is 16.7 Å². The van der Waals surface area contributed by atoms with Crippen LogP contribution in [0.2, 0.25) is 0 Å². The van der Waals surface area contributed by atoms with Gasteiger partial charge in [0, 0.05) is 5.56 Å². The Labute approximate surface area is 209 Å². The van der Waals surface area contributed by atoms with Crippen molar-refractivity contribution in [3.63, 3.8) is 0 Å². The summed E-state index contributed by atoms with van der Waals surface area (Å²) in [6.45, 7) is 7.45. The summed E-state index contributed by atoms with van der Waals surface area (Å²) in [6.07, 6.45) is 0. The molecule has 0 heterocycles. The maximum atomic E-state index is 9.50. The average molecular weight is 457 g/mol. The van der Waals surface area contributed by atoms with Crippen LogP contribution < -0.4 is 0 Å². The number of rotatable bonds is 3. The Morgan fingerprint density at radius 1 is 0.472 bits per heavy atom. The summed E-state index contributed by atoms with van der Waals surface area (Å²) in [5.74, 6) is 0. The lowest BCUT2D eigenvalue weighted by molar-refractivity contribution is 1.44. The first-order valence-electron chi connectivity index (χ1n) is 11.1. The zero-order valence-corrected chi connectivity index (χ0v) is 19.0. The van der Waals surface area contributed by atoms with Gasteiger partial charge in [0.15, 0.2) is 5.69 Å². The van der Waals surface area contributed by atoms with E-state index in [1.807, 2.05) is 30.3 Å². The lowest BCUT2D eigenvalue weighted by Gasteiger charge is -2.13. The third-order valence-corrected chi connectivity index (χ3v) is 6.05. The van der Waals surface area contributed by atoms with Crippen LogP contribution in [-0.2, 0) is 0 Å². The molecule has 0 aliphatic rings. The number of hydrogen-bond acceptors (Lipinski definition) is 3. The van der Waals surface area contributed by atoms with Gasteiger partial charge in [-0.1, -0.05) is 36.4 Å². The summed E-state index contributed by atoms with van der Waals surface area (Å²) in [7, 11) is 0. The van der Waals surface area contributed by atoms with E-state index in [1.165, 1.54) is 0 Å². The molecule has 0 aliphatic heterocycles. The van der Waals surface area contributed by atoms with E-state index in [4.69, 9.17) is 6.57 Å². The van der Waals surface area contributed by atoms with Gasteiger partial charge in [-0.05, 0) is 105 Å². The van der Waals surface area contributed by atoms with Crippen molar-refractivity contribution in [2.24, 2.45) is 0 Å². The van der Waals surface area contributed by atoms with Crippen molar-refractivity contribution in [1.82, 2.24) is 0 Å². The first-order valence-corrected chi connectivity index (χ1v) is 11.1. The van der Waals surface area contributed by atoms with Crippen LogP contribution in [-0.4, -0.2) is 0 Å². The minimum atomic E-state index is 0.389.